The number of amidine groups is 1. The van der Waals surface area contributed by atoms with Gasteiger partial charge in [0.25, 0.3) is 5.91 Å². The molecule has 0 radical (unpaired) electrons. The van der Waals surface area contributed by atoms with Crippen LogP contribution in [0.3, 0.4) is 0 Å². The number of anilines is 1. The molecular formula is C21H21ClN2O5S2. The highest BCUT2D eigenvalue weighted by Crippen LogP contribution is 2.45. The fourth-order valence-electron chi connectivity index (χ4n) is 3.75. The molecule has 10 heteroatoms. The molecule has 2 heterocycles. The van der Waals surface area contributed by atoms with Gasteiger partial charge >= 0.3 is 0 Å². The molecule has 0 bridgehead atoms. The van der Waals surface area contributed by atoms with Gasteiger partial charge in [0.2, 0.25) is 0 Å². The Hall–Kier alpha value is -2.23. The van der Waals surface area contributed by atoms with Crippen molar-refractivity contribution in [2.24, 2.45) is 4.99 Å². The maximum Gasteiger partial charge on any atom is 0.252 e. The second-order valence-corrected chi connectivity index (χ2v) is 11.1. The summed E-state index contributed by atoms with van der Waals surface area (Å²) in [6.45, 7) is 0. The van der Waals surface area contributed by atoms with Gasteiger partial charge in [0.15, 0.2) is 15.0 Å². The lowest BCUT2D eigenvalue weighted by Crippen LogP contribution is -2.38. The molecule has 0 N–H and O–H groups in total. The van der Waals surface area contributed by atoms with E-state index in [9.17, 15) is 13.2 Å². The third-order valence-corrected chi connectivity index (χ3v) is 8.66. The van der Waals surface area contributed by atoms with Crippen LogP contribution in [0.5, 0.6) is 11.5 Å². The van der Waals surface area contributed by atoms with Crippen molar-refractivity contribution in [1.29, 1.82) is 0 Å². The van der Waals surface area contributed by atoms with Crippen LogP contribution in [-0.2, 0) is 21.1 Å². The van der Waals surface area contributed by atoms with Gasteiger partial charge in [-0.3, -0.25) is 4.79 Å². The van der Waals surface area contributed by atoms with E-state index in [1.807, 2.05) is 0 Å². The van der Waals surface area contributed by atoms with Gasteiger partial charge in [-0.15, -0.1) is 0 Å². The molecule has 0 aliphatic carbocycles. The van der Waals surface area contributed by atoms with Crippen LogP contribution >= 0.6 is 23.4 Å². The average Bonchev–Trinajstić information content (AvgIpc) is 3.19. The molecule has 2 fully saturated rings. The van der Waals surface area contributed by atoms with Crippen molar-refractivity contribution in [2.75, 3.05) is 30.6 Å². The summed E-state index contributed by atoms with van der Waals surface area (Å²) in [4.78, 5) is 18.9. The van der Waals surface area contributed by atoms with E-state index in [-0.39, 0.29) is 35.1 Å². The SMILES string of the molecule is COc1ccc(OC)c(N2C(=NC(=O)Cc3ccc(Cl)cc3)S[C@@H]3CS(=O)(=O)C[C@H]32)c1. The number of amides is 1. The van der Waals surface area contributed by atoms with Crippen LogP contribution in [0.2, 0.25) is 5.02 Å². The molecule has 0 aromatic heterocycles. The van der Waals surface area contributed by atoms with Gasteiger partial charge < -0.3 is 14.4 Å². The number of rotatable bonds is 5. The molecule has 0 unspecified atom stereocenters. The maximum absolute atomic E-state index is 12.7. The lowest BCUT2D eigenvalue weighted by molar-refractivity contribution is -0.117. The predicted octanol–water partition coefficient (Wildman–Crippen LogP) is 3.20. The Labute approximate surface area is 190 Å². The first-order valence-electron chi connectivity index (χ1n) is 9.54. The summed E-state index contributed by atoms with van der Waals surface area (Å²) in [5, 5.41) is 0.859. The number of fused-ring (bicyclic) bond motifs is 1. The molecule has 2 aliphatic heterocycles. The van der Waals surface area contributed by atoms with Gasteiger partial charge in [-0.1, -0.05) is 35.5 Å². The zero-order valence-corrected chi connectivity index (χ0v) is 19.3. The molecule has 1 amide bonds. The molecule has 4 rings (SSSR count). The van der Waals surface area contributed by atoms with Crippen LogP contribution in [0.1, 0.15) is 5.56 Å². The molecule has 7 nitrogen and oxygen atoms in total. The summed E-state index contributed by atoms with van der Waals surface area (Å²) in [5.74, 6) is 0.867. The van der Waals surface area contributed by atoms with Gasteiger partial charge in [0.05, 0.1) is 43.9 Å². The van der Waals surface area contributed by atoms with Crippen LogP contribution < -0.4 is 14.4 Å². The zero-order chi connectivity index (χ0) is 22.2. The van der Waals surface area contributed by atoms with Crippen LogP contribution in [0.4, 0.5) is 5.69 Å². The molecule has 2 saturated heterocycles. The van der Waals surface area contributed by atoms with Crippen molar-refractivity contribution < 1.29 is 22.7 Å². The molecule has 2 aromatic carbocycles. The Morgan fingerprint density at radius 1 is 1.16 bits per heavy atom. The second-order valence-electron chi connectivity index (χ2n) is 7.30. The van der Waals surface area contributed by atoms with Crippen molar-refractivity contribution >= 4 is 50.0 Å². The fraction of sp³-hybridized carbons (Fsp3) is 0.333. The van der Waals surface area contributed by atoms with Crippen molar-refractivity contribution in [3.63, 3.8) is 0 Å². The van der Waals surface area contributed by atoms with E-state index in [1.165, 1.54) is 11.8 Å². The Bertz CT molecular complexity index is 1130. The maximum atomic E-state index is 12.7. The first-order valence-corrected chi connectivity index (χ1v) is 12.6. The quantitative estimate of drug-likeness (QED) is 0.649. The van der Waals surface area contributed by atoms with E-state index in [2.05, 4.69) is 4.99 Å². The minimum atomic E-state index is -3.17. The Morgan fingerprint density at radius 3 is 2.58 bits per heavy atom. The third kappa shape index (κ3) is 4.68. The first-order chi connectivity index (χ1) is 14.8. The number of carbonyl (C=O) groups is 1. The number of hydrogen-bond donors (Lipinski definition) is 0. The van der Waals surface area contributed by atoms with Crippen LogP contribution in [0.25, 0.3) is 0 Å². The lowest BCUT2D eigenvalue weighted by Gasteiger charge is -2.26. The summed E-state index contributed by atoms with van der Waals surface area (Å²) in [5.41, 5.74) is 1.42. The number of ether oxygens (including phenoxy) is 2. The van der Waals surface area contributed by atoms with E-state index >= 15 is 0 Å². The highest BCUT2D eigenvalue weighted by molar-refractivity contribution is 8.16. The average molecular weight is 481 g/mol. The third-order valence-electron chi connectivity index (χ3n) is 5.20. The monoisotopic (exact) mass is 480 g/mol. The summed E-state index contributed by atoms with van der Waals surface area (Å²) in [6.07, 6.45) is 0.123. The number of aliphatic imine (C=N–C) groups is 1. The highest BCUT2D eigenvalue weighted by atomic mass is 35.5. The number of carbonyl (C=O) groups excluding carboxylic acids is 1. The second kappa shape index (κ2) is 8.72. The van der Waals surface area contributed by atoms with Gasteiger partial charge in [0.1, 0.15) is 11.5 Å². The topological polar surface area (TPSA) is 85.3 Å². The van der Waals surface area contributed by atoms with Crippen LogP contribution in [0.15, 0.2) is 47.5 Å². The predicted molar refractivity (Wildman–Crippen MR) is 123 cm³/mol. The van der Waals surface area contributed by atoms with E-state index in [1.54, 1.807) is 61.6 Å². The smallest absolute Gasteiger partial charge is 0.252 e. The van der Waals surface area contributed by atoms with E-state index < -0.39 is 9.84 Å². The number of benzene rings is 2. The van der Waals surface area contributed by atoms with Gasteiger partial charge in [-0.2, -0.15) is 4.99 Å². The van der Waals surface area contributed by atoms with E-state index in [0.717, 1.165) is 5.56 Å². The molecular weight excluding hydrogens is 460 g/mol. The Balaban J connectivity index is 1.70. The van der Waals surface area contributed by atoms with Gasteiger partial charge in [0, 0.05) is 16.3 Å². The van der Waals surface area contributed by atoms with Crippen molar-refractivity contribution in [1.82, 2.24) is 0 Å². The number of sulfone groups is 1. The normalized spacial score (nSPS) is 23.1. The number of halogens is 1. The Morgan fingerprint density at radius 2 is 1.90 bits per heavy atom. The minimum Gasteiger partial charge on any atom is -0.497 e. The molecule has 164 valence electrons. The van der Waals surface area contributed by atoms with Gasteiger partial charge in [-0.05, 0) is 29.8 Å². The largest absolute Gasteiger partial charge is 0.497 e. The van der Waals surface area contributed by atoms with Crippen molar-refractivity contribution in [2.45, 2.75) is 17.7 Å². The summed E-state index contributed by atoms with van der Waals surface area (Å²) in [7, 11) is -0.0783. The standard InChI is InChI=1S/C21H21ClN2O5S2/c1-28-15-7-8-18(29-2)16(10-15)24-17-11-31(26,27)12-19(17)30-21(24)23-20(25)9-13-3-5-14(22)6-4-13/h3-8,10,17,19H,9,11-12H2,1-2H3/t17-,19-/m1/s1. The first kappa shape index (κ1) is 22.0. The lowest BCUT2D eigenvalue weighted by atomic mass is 10.1. The highest BCUT2D eigenvalue weighted by Gasteiger charge is 2.50. The zero-order valence-electron chi connectivity index (χ0n) is 16.9. The molecule has 31 heavy (non-hydrogen) atoms. The van der Waals surface area contributed by atoms with Crippen LogP contribution in [-0.4, -0.2) is 56.5 Å². The molecule has 0 saturated carbocycles. The molecule has 2 atom stereocenters. The number of methoxy groups -OCH3 is 2. The van der Waals surface area contributed by atoms with Crippen molar-refractivity contribution in [3.8, 4) is 11.5 Å². The molecule has 2 aliphatic rings. The molecule has 0 spiro atoms. The molecule has 2 aromatic rings. The summed E-state index contributed by atoms with van der Waals surface area (Å²) >= 11 is 7.23. The number of hydrogen-bond acceptors (Lipinski definition) is 6. The fourth-order valence-corrected chi connectivity index (χ4v) is 7.80. The summed E-state index contributed by atoms with van der Waals surface area (Å²) in [6, 6.07) is 12.0. The number of nitrogens with zero attached hydrogens (tertiary/aromatic N) is 2. The summed E-state index contributed by atoms with van der Waals surface area (Å²) < 4.78 is 35.4. The minimum absolute atomic E-state index is 0.00454. The Kier molecular flexibility index (Phi) is 6.18. The van der Waals surface area contributed by atoms with Crippen LogP contribution in [0, 0.1) is 0 Å². The van der Waals surface area contributed by atoms with Crippen molar-refractivity contribution in [3.05, 3.63) is 53.1 Å². The van der Waals surface area contributed by atoms with E-state index in [4.69, 9.17) is 21.1 Å². The number of thioether (sulfide) groups is 1. The van der Waals surface area contributed by atoms with E-state index in [0.29, 0.717) is 27.4 Å². The van der Waals surface area contributed by atoms with Gasteiger partial charge in [-0.25, -0.2) is 8.42 Å².